The minimum atomic E-state index is 0.677. The molecule has 0 aliphatic carbocycles. The first-order valence-electron chi connectivity index (χ1n) is 10.7. The van der Waals surface area contributed by atoms with Gasteiger partial charge in [-0.25, -0.2) is 0 Å². The fraction of sp³-hybridized carbons (Fsp3) is 0.0667. The van der Waals surface area contributed by atoms with Crippen LogP contribution in [0.5, 0.6) is 11.5 Å². The van der Waals surface area contributed by atoms with Gasteiger partial charge in [-0.3, -0.25) is 0 Å². The number of allylic oxidation sites excluding steroid dienone is 1. The minimum absolute atomic E-state index is 0.677. The van der Waals surface area contributed by atoms with E-state index in [4.69, 9.17) is 22.6 Å². The Hall–Kier alpha value is -4.42. The van der Waals surface area contributed by atoms with Crippen molar-refractivity contribution < 1.29 is 4.74 Å². The first-order valence-corrected chi connectivity index (χ1v) is 10.7. The molecule has 4 N–H and O–H groups in total. The highest BCUT2D eigenvalue weighted by Crippen LogP contribution is 2.28. The lowest BCUT2D eigenvalue weighted by atomic mass is 9.95. The minimum Gasteiger partial charge on any atom is -0.457 e. The van der Waals surface area contributed by atoms with Crippen molar-refractivity contribution in [1.29, 1.82) is 0 Å². The Balaban J connectivity index is 1.64. The Kier molecular flexibility index (Phi) is 6.48. The Morgan fingerprint density at radius 3 is 2.27 bits per heavy atom. The van der Waals surface area contributed by atoms with Crippen LogP contribution in [-0.4, -0.2) is 0 Å². The van der Waals surface area contributed by atoms with Crippen LogP contribution in [0, 0.1) is 12.3 Å². The highest BCUT2D eigenvalue weighted by atomic mass is 16.5. The van der Waals surface area contributed by atoms with E-state index in [2.05, 4.69) is 36.8 Å². The van der Waals surface area contributed by atoms with Crippen LogP contribution in [0.25, 0.3) is 5.57 Å². The Morgan fingerprint density at radius 2 is 1.52 bits per heavy atom. The molecule has 0 unspecified atom stereocenters. The van der Waals surface area contributed by atoms with E-state index in [1.54, 1.807) is 0 Å². The Bertz CT molecular complexity index is 1330. The average Bonchev–Trinajstić information content (AvgIpc) is 2.80. The summed E-state index contributed by atoms with van der Waals surface area (Å²) in [5, 5.41) is 0. The lowest BCUT2D eigenvalue weighted by molar-refractivity contribution is 0.481. The summed E-state index contributed by atoms with van der Waals surface area (Å²) >= 11 is 0. The molecule has 3 nitrogen and oxygen atoms in total. The van der Waals surface area contributed by atoms with Gasteiger partial charge in [0.15, 0.2) is 0 Å². The van der Waals surface area contributed by atoms with Gasteiger partial charge >= 0.3 is 0 Å². The van der Waals surface area contributed by atoms with Gasteiger partial charge < -0.3 is 16.2 Å². The lowest BCUT2D eigenvalue weighted by Crippen LogP contribution is -1.97. The van der Waals surface area contributed by atoms with Crippen molar-refractivity contribution in [3.63, 3.8) is 0 Å². The zero-order chi connectivity index (χ0) is 23.2. The van der Waals surface area contributed by atoms with E-state index in [9.17, 15) is 0 Å². The number of benzene rings is 4. The second-order valence-corrected chi connectivity index (χ2v) is 8.08. The topological polar surface area (TPSA) is 61.3 Å². The zero-order valence-corrected chi connectivity index (χ0v) is 18.4. The third-order valence-electron chi connectivity index (χ3n) is 5.36. The van der Waals surface area contributed by atoms with Gasteiger partial charge in [0, 0.05) is 16.9 Å². The lowest BCUT2D eigenvalue weighted by Gasteiger charge is -2.13. The van der Waals surface area contributed by atoms with Crippen molar-refractivity contribution in [2.75, 3.05) is 11.5 Å². The van der Waals surface area contributed by atoms with Crippen molar-refractivity contribution in [2.45, 2.75) is 12.8 Å². The maximum absolute atomic E-state index is 6.16. The van der Waals surface area contributed by atoms with Gasteiger partial charge in [-0.2, -0.15) is 0 Å². The third kappa shape index (κ3) is 5.84. The van der Waals surface area contributed by atoms with Crippen molar-refractivity contribution in [3.05, 3.63) is 125 Å². The number of anilines is 2. The van der Waals surface area contributed by atoms with Crippen molar-refractivity contribution >= 4 is 16.9 Å². The summed E-state index contributed by atoms with van der Waals surface area (Å²) in [5.74, 6) is 4.19. The fourth-order valence-electron chi connectivity index (χ4n) is 3.78. The van der Waals surface area contributed by atoms with Crippen LogP contribution in [-0.2, 0) is 12.8 Å². The van der Waals surface area contributed by atoms with Gasteiger partial charge in [0.1, 0.15) is 11.5 Å². The predicted molar refractivity (Wildman–Crippen MR) is 138 cm³/mol. The van der Waals surface area contributed by atoms with Crippen molar-refractivity contribution in [1.82, 2.24) is 0 Å². The summed E-state index contributed by atoms with van der Waals surface area (Å²) < 4.78 is 6.16. The summed E-state index contributed by atoms with van der Waals surface area (Å²) in [4.78, 5) is 0. The number of rotatable bonds is 7. The molecule has 0 aromatic heterocycles. The normalized spacial score (nSPS) is 10.4. The van der Waals surface area contributed by atoms with Crippen LogP contribution in [0.3, 0.4) is 0 Å². The maximum Gasteiger partial charge on any atom is 0.128 e. The van der Waals surface area contributed by atoms with E-state index in [1.165, 1.54) is 0 Å². The second kappa shape index (κ2) is 9.80. The molecule has 0 aliphatic rings. The van der Waals surface area contributed by atoms with Crippen LogP contribution in [0.15, 0.2) is 97.6 Å². The molecule has 0 saturated carbocycles. The number of terminal acetylenes is 1. The van der Waals surface area contributed by atoms with Crippen LogP contribution in [0.2, 0.25) is 0 Å². The SMILES string of the molecule is C#Cc1cccc(C(=C)Cc2cc(Cc3cccc(N)c3)cc(Oc3ccc(N)cc3)c2)c1. The number of ether oxygens (including phenoxy) is 1. The van der Waals surface area contributed by atoms with Gasteiger partial charge in [-0.05, 0) is 101 Å². The average molecular weight is 431 g/mol. The van der Waals surface area contributed by atoms with E-state index in [0.717, 1.165) is 57.0 Å². The molecule has 162 valence electrons. The van der Waals surface area contributed by atoms with Crippen LogP contribution in [0.4, 0.5) is 11.4 Å². The summed E-state index contributed by atoms with van der Waals surface area (Å²) in [6.07, 6.45) is 6.99. The van der Waals surface area contributed by atoms with E-state index in [-0.39, 0.29) is 0 Å². The number of hydrogen-bond donors (Lipinski definition) is 2. The molecule has 4 aromatic rings. The largest absolute Gasteiger partial charge is 0.457 e. The van der Waals surface area contributed by atoms with Crippen molar-refractivity contribution in [3.8, 4) is 23.8 Å². The maximum atomic E-state index is 6.16. The Morgan fingerprint density at radius 1 is 0.758 bits per heavy atom. The number of hydrogen-bond acceptors (Lipinski definition) is 3. The van der Waals surface area contributed by atoms with E-state index in [1.807, 2.05) is 66.7 Å². The summed E-state index contributed by atoms with van der Waals surface area (Å²) in [6.45, 7) is 4.30. The number of nitrogen functional groups attached to an aromatic ring is 2. The molecule has 0 amide bonds. The standard InChI is InChI=1S/C30H26N2O/c1-3-22-6-4-8-26(17-22)21(2)14-24-16-25(15-23-7-5-9-28(32)18-23)20-30(19-24)33-29-12-10-27(31)11-13-29/h1,4-13,16-20H,2,14-15,31-32H2. The van der Waals surface area contributed by atoms with Crippen molar-refractivity contribution in [2.24, 2.45) is 0 Å². The second-order valence-electron chi connectivity index (χ2n) is 8.08. The smallest absolute Gasteiger partial charge is 0.128 e. The Labute approximate surface area is 195 Å². The molecule has 3 heteroatoms. The van der Waals surface area contributed by atoms with Gasteiger partial charge in [0.25, 0.3) is 0 Å². The van der Waals surface area contributed by atoms with Gasteiger partial charge in [-0.1, -0.05) is 42.8 Å². The van der Waals surface area contributed by atoms with E-state index in [0.29, 0.717) is 12.1 Å². The summed E-state index contributed by atoms with van der Waals surface area (Å²) in [5.41, 5.74) is 19.5. The molecule has 0 saturated heterocycles. The van der Waals surface area contributed by atoms with Crippen LogP contribution < -0.4 is 16.2 Å². The highest BCUT2D eigenvalue weighted by Gasteiger charge is 2.08. The van der Waals surface area contributed by atoms with E-state index < -0.39 is 0 Å². The van der Waals surface area contributed by atoms with E-state index >= 15 is 0 Å². The molecular formula is C30H26N2O. The first-order chi connectivity index (χ1) is 16.0. The summed E-state index contributed by atoms with van der Waals surface area (Å²) in [7, 11) is 0. The van der Waals surface area contributed by atoms with Crippen LogP contribution >= 0.6 is 0 Å². The van der Waals surface area contributed by atoms with Crippen LogP contribution in [0.1, 0.15) is 27.8 Å². The molecule has 0 fully saturated rings. The predicted octanol–water partition coefficient (Wildman–Crippen LogP) is 6.47. The fourth-order valence-corrected chi connectivity index (χ4v) is 3.78. The molecule has 33 heavy (non-hydrogen) atoms. The monoisotopic (exact) mass is 430 g/mol. The molecule has 0 atom stereocenters. The molecule has 0 spiro atoms. The summed E-state index contributed by atoms with van der Waals surface area (Å²) in [6, 6.07) is 29.5. The molecule has 0 bridgehead atoms. The molecule has 0 heterocycles. The molecule has 4 aromatic carbocycles. The highest BCUT2D eigenvalue weighted by molar-refractivity contribution is 5.67. The molecule has 0 aliphatic heterocycles. The third-order valence-corrected chi connectivity index (χ3v) is 5.36. The molecular weight excluding hydrogens is 404 g/mol. The zero-order valence-electron chi connectivity index (χ0n) is 18.4. The molecule has 0 radical (unpaired) electrons. The quantitative estimate of drug-likeness (QED) is 0.261. The van der Waals surface area contributed by atoms with Gasteiger partial charge in [0.2, 0.25) is 0 Å². The number of nitrogens with two attached hydrogens (primary N) is 2. The van der Waals surface area contributed by atoms with Gasteiger partial charge in [-0.15, -0.1) is 6.42 Å². The first kappa shape index (κ1) is 21.8. The molecule has 4 rings (SSSR count). The van der Waals surface area contributed by atoms with Gasteiger partial charge in [0.05, 0.1) is 0 Å².